The Labute approximate surface area is 137 Å². The lowest BCUT2D eigenvalue weighted by molar-refractivity contribution is 0.0958. The highest BCUT2D eigenvalue weighted by molar-refractivity contribution is 5.95. The van der Waals surface area contributed by atoms with Gasteiger partial charge in [0.2, 0.25) is 0 Å². The first kappa shape index (κ1) is 18.7. The number of anilines is 1. The van der Waals surface area contributed by atoms with E-state index in [4.69, 9.17) is 0 Å². The van der Waals surface area contributed by atoms with E-state index in [-0.39, 0.29) is 11.9 Å². The lowest BCUT2D eigenvalue weighted by Gasteiger charge is -2.18. The smallest absolute Gasteiger partial charge is 0.319 e. The molecular weight excluding hydrogens is 292 g/mol. The van der Waals surface area contributed by atoms with Crippen molar-refractivity contribution >= 4 is 17.6 Å². The molecule has 0 unspecified atom stereocenters. The molecule has 0 saturated heterocycles. The summed E-state index contributed by atoms with van der Waals surface area (Å²) in [6, 6.07) is 6.49. The predicted molar refractivity (Wildman–Crippen MR) is 93.8 cm³/mol. The van der Waals surface area contributed by atoms with Gasteiger partial charge in [0.15, 0.2) is 0 Å². The van der Waals surface area contributed by atoms with Crippen LogP contribution in [0.4, 0.5) is 10.5 Å². The van der Waals surface area contributed by atoms with Crippen LogP contribution in [0.5, 0.6) is 0 Å². The summed E-state index contributed by atoms with van der Waals surface area (Å²) in [5, 5.41) is 8.26. The van der Waals surface area contributed by atoms with Gasteiger partial charge in [-0.2, -0.15) is 0 Å². The molecule has 3 N–H and O–H groups in total. The Bertz CT molecular complexity index is 510. The van der Waals surface area contributed by atoms with Crippen LogP contribution in [0.1, 0.15) is 24.2 Å². The molecule has 126 valence electrons. The zero-order valence-electron chi connectivity index (χ0n) is 13.9. The van der Waals surface area contributed by atoms with Crippen LogP contribution in [0, 0.1) is 0 Å². The zero-order chi connectivity index (χ0) is 17.1. The zero-order valence-corrected chi connectivity index (χ0v) is 13.9. The summed E-state index contributed by atoms with van der Waals surface area (Å²) in [4.78, 5) is 25.8. The van der Waals surface area contributed by atoms with Crippen molar-refractivity contribution in [2.75, 3.05) is 38.0 Å². The molecule has 0 radical (unpaired) electrons. The predicted octanol–water partition coefficient (Wildman–Crippen LogP) is 2.07. The van der Waals surface area contributed by atoms with Crippen molar-refractivity contribution in [1.82, 2.24) is 15.5 Å². The maximum absolute atomic E-state index is 11.8. The number of likely N-dealkylation sites (N-methyl/N-ethyl adjacent to an activating group) is 1. The van der Waals surface area contributed by atoms with Gasteiger partial charge in [-0.05, 0) is 37.4 Å². The number of rotatable bonds is 9. The van der Waals surface area contributed by atoms with Crippen molar-refractivity contribution in [2.45, 2.75) is 13.8 Å². The topological polar surface area (TPSA) is 73.5 Å². The van der Waals surface area contributed by atoms with Crippen molar-refractivity contribution in [2.24, 2.45) is 0 Å². The van der Waals surface area contributed by atoms with E-state index in [1.807, 2.05) is 0 Å². The number of nitrogens with zero attached hydrogens (tertiary/aromatic N) is 1. The van der Waals surface area contributed by atoms with Gasteiger partial charge in [0.05, 0.1) is 0 Å². The van der Waals surface area contributed by atoms with Gasteiger partial charge in [0, 0.05) is 30.9 Å². The summed E-state index contributed by atoms with van der Waals surface area (Å²) in [6.45, 7) is 11.5. The third kappa shape index (κ3) is 6.97. The van der Waals surface area contributed by atoms with Gasteiger partial charge >= 0.3 is 6.03 Å². The second-order valence-electron chi connectivity index (χ2n) is 4.98. The molecule has 0 atom stereocenters. The van der Waals surface area contributed by atoms with Crippen molar-refractivity contribution < 1.29 is 9.59 Å². The summed E-state index contributed by atoms with van der Waals surface area (Å²) in [6.07, 6.45) is 1.62. The third-order valence-corrected chi connectivity index (χ3v) is 3.42. The molecule has 0 fully saturated rings. The number of hydrogen-bond acceptors (Lipinski definition) is 3. The number of carbonyl (C=O) groups excluding carboxylic acids is 2. The first-order chi connectivity index (χ1) is 11.1. The molecule has 0 aliphatic rings. The van der Waals surface area contributed by atoms with E-state index in [0.717, 1.165) is 19.6 Å². The van der Waals surface area contributed by atoms with Crippen LogP contribution >= 0.6 is 0 Å². The average Bonchev–Trinajstić information content (AvgIpc) is 2.57. The van der Waals surface area contributed by atoms with Gasteiger partial charge in [-0.15, -0.1) is 6.58 Å². The molecule has 0 bridgehead atoms. The molecule has 1 aromatic carbocycles. The third-order valence-electron chi connectivity index (χ3n) is 3.42. The standard InChI is InChI=1S/C17H26N4O2/c1-4-11-18-16(22)14-7-9-15(10-8-14)20-17(23)19-12-13-21(5-2)6-3/h4,7-10H,1,5-6,11-13H2,2-3H3,(H,18,22)(H2,19,20,23). The van der Waals surface area contributed by atoms with Crippen LogP contribution in [0.25, 0.3) is 0 Å². The van der Waals surface area contributed by atoms with Crippen LogP contribution in [0.15, 0.2) is 36.9 Å². The number of amides is 3. The summed E-state index contributed by atoms with van der Waals surface area (Å²) in [5.74, 6) is -0.167. The SMILES string of the molecule is C=CCNC(=O)c1ccc(NC(=O)NCCN(CC)CC)cc1. The molecule has 1 rings (SSSR count). The highest BCUT2D eigenvalue weighted by Gasteiger charge is 2.06. The Morgan fingerprint density at radius 2 is 1.78 bits per heavy atom. The highest BCUT2D eigenvalue weighted by atomic mass is 16.2. The van der Waals surface area contributed by atoms with Crippen LogP contribution in [-0.2, 0) is 0 Å². The number of nitrogens with one attached hydrogen (secondary N) is 3. The maximum atomic E-state index is 11.8. The van der Waals surface area contributed by atoms with Gasteiger partial charge in [-0.1, -0.05) is 19.9 Å². The minimum absolute atomic E-state index is 0.167. The van der Waals surface area contributed by atoms with Gasteiger partial charge in [0.1, 0.15) is 0 Å². The second kappa shape index (κ2) is 10.4. The monoisotopic (exact) mass is 318 g/mol. The van der Waals surface area contributed by atoms with E-state index in [1.54, 1.807) is 30.3 Å². The van der Waals surface area contributed by atoms with Crippen LogP contribution in [0.3, 0.4) is 0 Å². The lowest BCUT2D eigenvalue weighted by atomic mass is 10.2. The fourth-order valence-corrected chi connectivity index (χ4v) is 2.01. The molecule has 23 heavy (non-hydrogen) atoms. The number of hydrogen-bond donors (Lipinski definition) is 3. The Morgan fingerprint density at radius 3 is 2.35 bits per heavy atom. The molecule has 6 heteroatoms. The van der Waals surface area contributed by atoms with E-state index < -0.39 is 0 Å². The minimum Gasteiger partial charge on any atom is -0.349 e. The largest absolute Gasteiger partial charge is 0.349 e. The van der Waals surface area contributed by atoms with Crippen molar-refractivity contribution in [1.29, 1.82) is 0 Å². The first-order valence-corrected chi connectivity index (χ1v) is 7.87. The first-order valence-electron chi connectivity index (χ1n) is 7.87. The van der Waals surface area contributed by atoms with E-state index in [0.29, 0.717) is 24.3 Å². The van der Waals surface area contributed by atoms with Gasteiger partial charge < -0.3 is 20.9 Å². The van der Waals surface area contributed by atoms with E-state index >= 15 is 0 Å². The van der Waals surface area contributed by atoms with E-state index in [9.17, 15) is 9.59 Å². The Morgan fingerprint density at radius 1 is 1.13 bits per heavy atom. The van der Waals surface area contributed by atoms with Crippen LogP contribution in [0.2, 0.25) is 0 Å². The normalized spacial score (nSPS) is 10.2. The number of urea groups is 1. The van der Waals surface area contributed by atoms with Crippen molar-refractivity contribution in [3.05, 3.63) is 42.5 Å². The number of benzene rings is 1. The van der Waals surface area contributed by atoms with E-state index in [2.05, 4.69) is 41.3 Å². The van der Waals surface area contributed by atoms with Gasteiger partial charge in [-0.25, -0.2) is 4.79 Å². The molecule has 0 spiro atoms. The van der Waals surface area contributed by atoms with Crippen molar-refractivity contribution in [3.8, 4) is 0 Å². The van der Waals surface area contributed by atoms with Gasteiger partial charge in [0.25, 0.3) is 5.91 Å². The Balaban J connectivity index is 2.40. The molecule has 6 nitrogen and oxygen atoms in total. The minimum atomic E-state index is -0.249. The summed E-state index contributed by atoms with van der Waals surface area (Å²) in [5.41, 5.74) is 1.19. The molecule has 3 amide bonds. The maximum Gasteiger partial charge on any atom is 0.319 e. The average molecular weight is 318 g/mol. The van der Waals surface area contributed by atoms with Crippen molar-refractivity contribution in [3.63, 3.8) is 0 Å². The van der Waals surface area contributed by atoms with Crippen LogP contribution < -0.4 is 16.0 Å². The fourth-order valence-electron chi connectivity index (χ4n) is 2.01. The summed E-state index contributed by atoms with van der Waals surface area (Å²) in [7, 11) is 0. The fraction of sp³-hybridized carbons (Fsp3) is 0.412. The van der Waals surface area contributed by atoms with E-state index in [1.165, 1.54) is 0 Å². The highest BCUT2D eigenvalue weighted by Crippen LogP contribution is 2.09. The molecule has 1 aromatic rings. The molecule has 0 saturated carbocycles. The molecule has 0 heterocycles. The summed E-state index contributed by atoms with van der Waals surface area (Å²) >= 11 is 0. The second-order valence-corrected chi connectivity index (χ2v) is 4.98. The lowest BCUT2D eigenvalue weighted by Crippen LogP contribution is -2.36. The van der Waals surface area contributed by atoms with Crippen LogP contribution in [-0.4, -0.2) is 49.6 Å². The Kier molecular flexibility index (Phi) is 8.46. The quantitative estimate of drug-likeness (QED) is 0.610. The molecule has 0 aliphatic heterocycles. The molecular formula is C17H26N4O2. The molecule has 0 aromatic heterocycles. The molecule has 0 aliphatic carbocycles. The summed E-state index contributed by atoms with van der Waals surface area (Å²) < 4.78 is 0. The van der Waals surface area contributed by atoms with Gasteiger partial charge in [-0.3, -0.25) is 4.79 Å². The Hall–Kier alpha value is -2.34. The number of carbonyl (C=O) groups is 2.